The zero-order valence-electron chi connectivity index (χ0n) is 12.7. The van der Waals surface area contributed by atoms with Crippen molar-refractivity contribution in [2.75, 3.05) is 5.32 Å². The first-order valence-corrected chi connectivity index (χ1v) is 9.14. The van der Waals surface area contributed by atoms with E-state index in [1.807, 2.05) is 0 Å². The Balaban J connectivity index is 1.75. The van der Waals surface area contributed by atoms with E-state index in [1.54, 1.807) is 24.3 Å². The van der Waals surface area contributed by atoms with E-state index in [-0.39, 0.29) is 5.91 Å². The maximum atomic E-state index is 12.2. The second-order valence-electron chi connectivity index (χ2n) is 5.52. The first-order chi connectivity index (χ1) is 11.6. The van der Waals surface area contributed by atoms with Gasteiger partial charge in [0, 0.05) is 11.0 Å². The Morgan fingerprint density at radius 2 is 2.04 bits per heavy atom. The number of carbonyl (C=O) groups excluding carboxylic acids is 1. The van der Waals surface area contributed by atoms with Crippen LogP contribution in [0, 0.1) is 11.3 Å². The van der Waals surface area contributed by atoms with E-state index in [1.165, 1.54) is 22.3 Å². The molecular weight excluding hydrogens is 363 g/mol. The van der Waals surface area contributed by atoms with Gasteiger partial charge in [0.1, 0.15) is 11.1 Å². The number of halogens is 2. The minimum absolute atomic E-state index is 0.267. The molecule has 0 spiro atoms. The summed E-state index contributed by atoms with van der Waals surface area (Å²) in [5.41, 5.74) is 2.51. The minimum Gasteiger partial charge on any atom is -0.313 e. The van der Waals surface area contributed by atoms with Gasteiger partial charge in [-0.1, -0.05) is 29.3 Å². The third-order valence-electron chi connectivity index (χ3n) is 3.89. The summed E-state index contributed by atoms with van der Waals surface area (Å²) in [6.07, 6.45) is 7.25. The van der Waals surface area contributed by atoms with Crippen LogP contribution in [0.2, 0.25) is 10.0 Å². The van der Waals surface area contributed by atoms with Crippen molar-refractivity contribution in [3.05, 3.63) is 55.9 Å². The lowest BCUT2D eigenvalue weighted by Crippen LogP contribution is -2.07. The molecule has 6 heteroatoms. The van der Waals surface area contributed by atoms with Crippen LogP contribution in [0.15, 0.2) is 24.3 Å². The average molecular weight is 377 g/mol. The first kappa shape index (κ1) is 17.0. The van der Waals surface area contributed by atoms with Gasteiger partial charge >= 0.3 is 0 Å². The summed E-state index contributed by atoms with van der Waals surface area (Å²) >= 11 is 13.3. The largest absolute Gasteiger partial charge is 0.313 e. The Labute approximate surface area is 154 Å². The van der Waals surface area contributed by atoms with Crippen molar-refractivity contribution in [2.24, 2.45) is 0 Å². The molecular formula is C18H14Cl2N2OS. The molecule has 3 nitrogen and oxygen atoms in total. The summed E-state index contributed by atoms with van der Waals surface area (Å²) in [5.74, 6) is -0.267. The predicted molar refractivity (Wildman–Crippen MR) is 99.8 cm³/mol. The maximum absolute atomic E-state index is 12.2. The predicted octanol–water partition coefficient (Wildman–Crippen LogP) is 5.46. The fourth-order valence-electron chi connectivity index (χ4n) is 2.71. The van der Waals surface area contributed by atoms with Gasteiger partial charge in [-0.15, -0.1) is 11.3 Å². The summed E-state index contributed by atoms with van der Waals surface area (Å²) in [5, 5.41) is 13.8. The Bertz CT molecular complexity index is 865. The van der Waals surface area contributed by atoms with Gasteiger partial charge in [0.2, 0.25) is 5.91 Å². The molecule has 0 fully saturated rings. The normalized spacial score (nSPS) is 13.5. The lowest BCUT2D eigenvalue weighted by Gasteiger charge is -2.09. The van der Waals surface area contributed by atoms with Crippen LogP contribution in [0.25, 0.3) is 6.08 Å². The number of amides is 1. The van der Waals surface area contributed by atoms with Gasteiger partial charge in [0.25, 0.3) is 0 Å². The van der Waals surface area contributed by atoms with Crippen LogP contribution in [-0.2, 0) is 17.6 Å². The van der Waals surface area contributed by atoms with Crippen LogP contribution < -0.4 is 5.32 Å². The number of anilines is 1. The number of aryl methyl sites for hydroxylation is 1. The van der Waals surface area contributed by atoms with Gasteiger partial charge in [0.15, 0.2) is 0 Å². The molecule has 0 bridgehead atoms. The molecule has 1 N–H and O–H groups in total. The van der Waals surface area contributed by atoms with Gasteiger partial charge in [-0.25, -0.2) is 0 Å². The van der Waals surface area contributed by atoms with E-state index in [9.17, 15) is 10.1 Å². The Morgan fingerprint density at radius 3 is 2.79 bits per heavy atom. The number of benzene rings is 1. The zero-order valence-corrected chi connectivity index (χ0v) is 15.1. The monoisotopic (exact) mass is 376 g/mol. The number of hydrogen-bond acceptors (Lipinski definition) is 3. The molecule has 1 aliphatic rings. The second kappa shape index (κ2) is 7.40. The third-order valence-corrected chi connectivity index (χ3v) is 5.84. The van der Waals surface area contributed by atoms with Crippen LogP contribution in [-0.4, -0.2) is 5.91 Å². The van der Waals surface area contributed by atoms with Gasteiger partial charge in [-0.3, -0.25) is 4.79 Å². The van der Waals surface area contributed by atoms with Crippen LogP contribution in [0.4, 0.5) is 5.00 Å². The van der Waals surface area contributed by atoms with E-state index >= 15 is 0 Å². The molecule has 2 aromatic rings. The fraction of sp³-hybridized carbons (Fsp3) is 0.222. The Kier molecular flexibility index (Phi) is 5.25. The van der Waals surface area contributed by atoms with E-state index in [4.69, 9.17) is 23.2 Å². The quantitative estimate of drug-likeness (QED) is 0.723. The number of nitrogens with zero attached hydrogens (tertiary/aromatic N) is 1. The van der Waals surface area contributed by atoms with Crippen molar-refractivity contribution < 1.29 is 4.79 Å². The lowest BCUT2D eigenvalue weighted by molar-refractivity contribution is -0.111. The van der Waals surface area contributed by atoms with Crippen LogP contribution in [0.5, 0.6) is 0 Å². The van der Waals surface area contributed by atoms with E-state index < -0.39 is 0 Å². The molecule has 1 heterocycles. The molecule has 0 atom stereocenters. The minimum atomic E-state index is -0.267. The van der Waals surface area contributed by atoms with Crippen molar-refractivity contribution in [3.63, 3.8) is 0 Å². The summed E-state index contributed by atoms with van der Waals surface area (Å²) in [6.45, 7) is 0. The van der Waals surface area contributed by atoms with Crippen molar-refractivity contribution in [2.45, 2.75) is 25.7 Å². The third kappa shape index (κ3) is 3.64. The summed E-state index contributed by atoms with van der Waals surface area (Å²) in [4.78, 5) is 13.4. The van der Waals surface area contributed by atoms with Gasteiger partial charge in [-0.05, 0) is 55.0 Å². The van der Waals surface area contributed by atoms with Crippen LogP contribution in [0.3, 0.4) is 0 Å². The Hall–Kier alpha value is -1.80. The molecule has 0 unspecified atom stereocenters. The van der Waals surface area contributed by atoms with Crippen molar-refractivity contribution in [1.29, 1.82) is 5.26 Å². The molecule has 0 radical (unpaired) electrons. The number of fused-ring (bicyclic) bond motifs is 1. The highest BCUT2D eigenvalue weighted by atomic mass is 35.5. The van der Waals surface area contributed by atoms with E-state index in [2.05, 4.69) is 11.4 Å². The SMILES string of the molecule is N#Cc1c(NC(=O)C=Cc2ccc(Cl)c(Cl)c2)sc2c1CCCC2. The molecule has 24 heavy (non-hydrogen) atoms. The number of nitriles is 1. The standard InChI is InChI=1S/C18H14Cl2N2OS/c19-14-7-5-11(9-15(14)20)6-8-17(23)22-18-13(10-21)12-3-1-2-4-16(12)24-18/h5-9H,1-4H2,(H,22,23). The molecule has 1 amide bonds. The first-order valence-electron chi connectivity index (χ1n) is 7.57. The van der Waals surface area contributed by atoms with Crippen molar-refractivity contribution in [3.8, 4) is 6.07 Å². The van der Waals surface area contributed by atoms with Crippen LogP contribution in [0.1, 0.15) is 34.4 Å². The van der Waals surface area contributed by atoms with Crippen molar-refractivity contribution >= 4 is 51.5 Å². The highest BCUT2D eigenvalue weighted by Crippen LogP contribution is 2.37. The highest BCUT2D eigenvalue weighted by molar-refractivity contribution is 7.16. The smallest absolute Gasteiger partial charge is 0.249 e. The number of rotatable bonds is 3. The van der Waals surface area contributed by atoms with Crippen LogP contribution >= 0.6 is 34.5 Å². The molecule has 1 aromatic carbocycles. The fourth-order valence-corrected chi connectivity index (χ4v) is 4.26. The van der Waals surface area contributed by atoms with Gasteiger partial charge in [0.05, 0.1) is 15.6 Å². The second-order valence-corrected chi connectivity index (χ2v) is 7.44. The molecule has 3 rings (SSSR count). The topological polar surface area (TPSA) is 52.9 Å². The number of carbonyl (C=O) groups is 1. The summed E-state index contributed by atoms with van der Waals surface area (Å²) in [6, 6.07) is 7.39. The molecule has 122 valence electrons. The molecule has 1 aromatic heterocycles. The molecule has 1 aliphatic carbocycles. The van der Waals surface area contributed by atoms with Crippen molar-refractivity contribution in [1.82, 2.24) is 0 Å². The number of thiophene rings is 1. The maximum Gasteiger partial charge on any atom is 0.249 e. The summed E-state index contributed by atoms with van der Waals surface area (Å²) < 4.78 is 0. The van der Waals surface area contributed by atoms with E-state index in [0.29, 0.717) is 20.6 Å². The highest BCUT2D eigenvalue weighted by Gasteiger charge is 2.21. The molecule has 0 saturated carbocycles. The van der Waals surface area contributed by atoms with Gasteiger partial charge < -0.3 is 5.32 Å². The number of hydrogen-bond donors (Lipinski definition) is 1. The summed E-state index contributed by atoms with van der Waals surface area (Å²) in [7, 11) is 0. The Morgan fingerprint density at radius 1 is 1.25 bits per heavy atom. The molecule has 0 aliphatic heterocycles. The lowest BCUT2D eigenvalue weighted by atomic mass is 9.96. The average Bonchev–Trinajstić information content (AvgIpc) is 2.92. The molecule has 0 saturated heterocycles. The zero-order chi connectivity index (χ0) is 17.1. The van der Waals surface area contributed by atoms with Gasteiger partial charge in [-0.2, -0.15) is 5.26 Å². The number of nitrogens with one attached hydrogen (secondary N) is 1. The van der Waals surface area contributed by atoms with E-state index in [0.717, 1.165) is 36.8 Å².